The van der Waals surface area contributed by atoms with Crippen molar-refractivity contribution in [2.75, 3.05) is 0 Å². The number of fused-ring (bicyclic) bond motifs is 2. The number of hydrogen-bond acceptors (Lipinski definition) is 7. The van der Waals surface area contributed by atoms with Crippen molar-refractivity contribution in [2.45, 2.75) is 45.6 Å². The fourth-order valence-electron chi connectivity index (χ4n) is 4.83. The number of amides is 1. The number of rotatable bonds is 5. The molecule has 2 fully saturated rings. The Hall–Kier alpha value is -2.06. The SMILES string of the molecule is Cc1ccc(-c2noc([C@H]3[C@@H]4CC[C@@H](C4)[C@@H]3C(=O)NCc3csc(C)n3)n2)s1. The molecule has 1 amide bonds. The quantitative estimate of drug-likeness (QED) is 0.672. The maximum Gasteiger partial charge on any atom is 0.231 e. The molecule has 2 saturated carbocycles. The minimum absolute atomic E-state index is 0.0261. The van der Waals surface area contributed by atoms with Crippen LogP contribution in [0.2, 0.25) is 0 Å². The van der Waals surface area contributed by atoms with Gasteiger partial charge in [0.25, 0.3) is 0 Å². The van der Waals surface area contributed by atoms with Gasteiger partial charge in [-0.25, -0.2) is 4.98 Å². The summed E-state index contributed by atoms with van der Waals surface area (Å²) in [6.45, 7) is 4.52. The second kappa shape index (κ2) is 7.08. The molecule has 3 heterocycles. The van der Waals surface area contributed by atoms with Gasteiger partial charge in [0.15, 0.2) is 0 Å². The molecule has 3 aromatic heterocycles. The number of nitrogens with zero attached hydrogens (tertiary/aromatic N) is 3. The summed E-state index contributed by atoms with van der Waals surface area (Å²) in [5.41, 5.74) is 0.920. The highest BCUT2D eigenvalue weighted by Gasteiger charge is 2.53. The van der Waals surface area contributed by atoms with Gasteiger partial charge in [-0.15, -0.1) is 22.7 Å². The van der Waals surface area contributed by atoms with Gasteiger partial charge in [0, 0.05) is 10.3 Å². The smallest absolute Gasteiger partial charge is 0.231 e. The topological polar surface area (TPSA) is 80.9 Å². The third kappa shape index (κ3) is 3.18. The van der Waals surface area contributed by atoms with Crippen LogP contribution in [0, 0.1) is 31.6 Å². The minimum atomic E-state index is -0.0862. The summed E-state index contributed by atoms with van der Waals surface area (Å²) in [4.78, 5) is 24.4. The first-order chi connectivity index (χ1) is 13.6. The third-order valence-electron chi connectivity index (χ3n) is 6.02. The van der Waals surface area contributed by atoms with E-state index >= 15 is 0 Å². The lowest BCUT2D eigenvalue weighted by Crippen LogP contribution is -2.37. The normalized spacial score (nSPS) is 26.1. The van der Waals surface area contributed by atoms with Crippen LogP contribution in [0.15, 0.2) is 22.0 Å². The maximum atomic E-state index is 13.1. The fourth-order valence-corrected chi connectivity index (χ4v) is 6.24. The van der Waals surface area contributed by atoms with Crippen molar-refractivity contribution in [3.8, 4) is 10.7 Å². The summed E-state index contributed by atoms with van der Waals surface area (Å²) < 4.78 is 5.67. The number of hydrogen-bond donors (Lipinski definition) is 1. The molecule has 2 aliphatic rings. The van der Waals surface area contributed by atoms with E-state index in [4.69, 9.17) is 9.51 Å². The van der Waals surface area contributed by atoms with Gasteiger partial charge in [-0.05, 0) is 57.1 Å². The zero-order chi connectivity index (χ0) is 19.3. The molecule has 4 atom stereocenters. The zero-order valence-electron chi connectivity index (χ0n) is 15.8. The molecule has 3 aromatic rings. The van der Waals surface area contributed by atoms with Crippen molar-refractivity contribution in [3.63, 3.8) is 0 Å². The highest BCUT2D eigenvalue weighted by molar-refractivity contribution is 7.15. The van der Waals surface area contributed by atoms with Crippen LogP contribution in [0.5, 0.6) is 0 Å². The van der Waals surface area contributed by atoms with Gasteiger partial charge in [0.05, 0.1) is 34.0 Å². The van der Waals surface area contributed by atoms with Gasteiger partial charge >= 0.3 is 0 Å². The third-order valence-corrected chi connectivity index (χ3v) is 7.84. The van der Waals surface area contributed by atoms with Crippen molar-refractivity contribution in [1.82, 2.24) is 20.4 Å². The van der Waals surface area contributed by atoms with Crippen LogP contribution < -0.4 is 5.32 Å². The van der Waals surface area contributed by atoms with E-state index in [0.717, 1.165) is 34.8 Å². The van der Waals surface area contributed by atoms with Crippen molar-refractivity contribution in [2.24, 2.45) is 17.8 Å². The van der Waals surface area contributed by atoms with Gasteiger partial charge in [-0.1, -0.05) is 5.16 Å². The Morgan fingerprint density at radius 1 is 1.25 bits per heavy atom. The van der Waals surface area contributed by atoms with Crippen molar-refractivity contribution in [1.29, 1.82) is 0 Å². The molecular weight excluding hydrogens is 392 g/mol. The molecule has 0 spiro atoms. The first-order valence-electron chi connectivity index (χ1n) is 9.67. The molecule has 8 heteroatoms. The Bertz CT molecular complexity index is 1010. The number of aryl methyl sites for hydroxylation is 2. The molecule has 5 rings (SSSR count). The summed E-state index contributed by atoms with van der Waals surface area (Å²) in [7, 11) is 0. The Balaban J connectivity index is 1.35. The van der Waals surface area contributed by atoms with Crippen molar-refractivity contribution >= 4 is 28.6 Å². The maximum absolute atomic E-state index is 13.1. The van der Waals surface area contributed by atoms with Crippen LogP contribution in [-0.4, -0.2) is 21.0 Å². The van der Waals surface area contributed by atoms with Crippen LogP contribution in [0.1, 0.15) is 46.6 Å². The van der Waals surface area contributed by atoms with E-state index in [0.29, 0.717) is 30.1 Å². The second-order valence-corrected chi connectivity index (χ2v) is 10.2. The first kappa shape index (κ1) is 18.0. The monoisotopic (exact) mass is 414 g/mol. The highest BCUT2D eigenvalue weighted by atomic mass is 32.1. The van der Waals surface area contributed by atoms with E-state index in [1.54, 1.807) is 22.7 Å². The van der Waals surface area contributed by atoms with Crippen molar-refractivity contribution < 1.29 is 9.32 Å². The van der Waals surface area contributed by atoms with Gasteiger partial charge in [-0.2, -0.15) is 4.98 Å². The first-order valence-corrected chi connectivity index (χ1v) is 11.4. The summed E-state index contributed by atoms with van der Waals surface area (Å²) in [5.74, 6) is 2.16. The number of thiophene rings is 1. The number of carbonyl (C=O) groups is 1. The van der Waals surface area contributed by atoms with Gasteiger partial charge in [0.2, 0.25) is 17.6 Å². The average Bonchev–Trinajstić information content (AvgIpc) is 3.46. The average molecular weight is 415 g/mol. The molecule has 0 radical (unpaired) electrons. The highest BCUT2D eigenvalue weighted by Crippen LogP contribution is 2.56. The van der Waals surface area contributed by atoms with E-state index in [1.807, 2.05) is 18.4 Å². The van der Waals surface area contributed by atoms with E-state index < -0.39 is 0 Å². The molecule has 0 saturated heterocycles. The van der Waals surface area contributed by atoms with Crippen LogP contribution in [0.4, 0.5) is 0 Å². The lowest BCUT2D eigenvalue weighted by atomic mass is 9.78. The molecule has 0 aliphatic heterocycles. The Morgan fingerprint density at radius 2 is 2.11 bits per heavy atom. The van der Waals surface area contributed by atoms with E-state index in [2.05, 4.69) is 28.4 Å². The summed E-state index contributed by atoms with van der Waals surface area (Å²) >= 11 is 3.26. The number of nitrogens with one attached hydrogen (secondary N) is 1. The predicted molar refractivity (Wildman–Crippen MR) is 108 cm³/mol. The minimum Gasteiger partial charge on any atom is -0.350 e. The fraction of sp³-hybridized carbons (Fsp3) is 0.500. The van der Waals surface area contributed by atoms with Crippen molar-refractivity contribution in [3.05, 3.63) is 39.0 Å². The molecular formula is C20H22N4O2S2. The molecule has 28 heavy (non-hydrogen) atoms. The lowest BCUT2D eigenvalue weighted by Gasteiger charge is -2.27. The predicted octanol–water partition coefficient (Wildman–Crippen LogP) is 4.32. The Kier molecular flexibility index (Phi) is 4.55. The molecule has 0 unspecified atom stereocenters. The molecule has 2 bridgehead atoms. The molecule has 2 aliphatic carbocycles. The van der Waals surface area contributed by atoms with Gasteiger partial charge in [0.1, 0.15) is 0 Å². The summed E-state index contributed by atoms with van der Waals surface area (Å²) in [5, 5.41) is 10.3. The van der Waals surface area contributed by atoms with Gasteiger partial charge < -0.3 is 9.84 Å². The van der Waals surface area contributed by atoms with E-state index in [-0.39, 0.29) is 17.7 Å². The van der Waals surface area contributed by atoms with Crippen LogP contribution in [-0.2, 0) is 11.3 Å². The van der Waals surface area contributed by atoms with Crippen LogP contribution >= 0.6 is 22.7 Å². The largest absolute Gasteiger partial charge is 0.350 e. The zero-order valence-corrected chi connectivity index (χ0v) is 17.5. The second-order valence-electron chi connectivity index (χ2n) is 7.83. The molecule has 6 nitrogen and oxygen atoms in total. The lowest BCUT2D eigenvalue weighted by molar-refractivity contribution is -0.127. The van der Waals surface area contributed by atoms with Crippen LogP contribution in [0.25, 0.3) is 10.7 Å². The number of aromatic nitrogens is 3. The Labute approximate surface area is 171 Å². The number of carbonyl (C=O) groups excluding carboxylic acids is 1. The Morgan fingerprint density at radius 3 is 2.86 bits per heavy atom. The van der Waals surface area contributed by atoms with E-state index in [1.165, 1.54) is 4.88 Å². The summed E-state index contributed by atoms with van der Waals surface area (Å²) in [6, 6.07) is 4.08. The summed E-state index contributed by atoms with van der Waals surface area (Å²) in [6.07, 6.45) is 3.33. The van der Waals surface area contributed by atoms with Crippen LogP contribution in [0.3, 0.4) is 0 Å². The standard InChI is InChI=1S/C20H22N4O2S2/c1-10-3-6-15(28-10)18-23-20(26-24-18)17-13-5-4-12(7-13)16(17)19(25)21-8-14-9-27-11(2)22-14/h3,6,9,12-13,16-17H,4-5,7-8H2,1-2H3,(H,21,25)/t12-,13+,16-,17-/m0/s1. The molecule has 1 N–H and O–H groups in total. The molecule has 0 aromatic carbocycles. The van der Waals surface area contributed by atoms with Gasteiger partial charge in [-0.3, -0.25) is 4.79 Å². The molecule has 146 valence electrons. The number of thiazole rings is 1. The van der Waals surface area contributed by atoms with E-state index in [9.17, 15) is 4.79 Å².